The van der Waals surface area contributed by atoms with Crippen LogP contribution in [0.15, 0.2) is 0 Å². The van der Waals surface area contributed by atoms with Gasteiger partial charge in [0.05, 0.1) is 0 Å². The summed E-state index contributed by atoms with van der Waals surface area (Å²) in [7, 11) is 0. The van der Waals surface area contributed by atoms with Crippen molar-refractivity contribution in [3.8, 4) is 0 Å². The van der Waals surface area contributed by atoms with E-state index in [9.17, 15) is 0 Å². The molecule has 0 amide bonds. The predicted octanol–water partition coefficient (Wildman–Crippen LogP) is -3.49. The van der Waals surface area contributed by atoms with E-state index in [0.29, 0.717) is 13.3 Å². The average Bonchev–Trinajstić information content (AvgIpc) is 0.918. The van der Waals surface area contributed by atoms with Crippen molar-refractivity contribution < 1.29 is 70.1 Å². The van der Waals surface area contributed by atoms with Gasteiger partial charge in [0.25, 0.3) is 0 Å². The third kappa shape index (κ3) is 23.2. The second-order valence-electron chi connectivity index (χ2n) is 0.0540. The predicted molar refractivity (Wildman–Crippen MR) is 44.6 cm³/mol. The molecule has 35 valence electrons. The molecule has 0 atom stereocenters. The van der Waals surface area contributed by atoms with E-state index in [1.54, 1.807) is 0 Å². The molecule has 0 aliphatic rings. The van der Waals surface area contributed by atoms with Crippen molar-refractivity contribution in [3.05, 3.63) is 0 Å². The minimum Gasteiger partial charge on any atom is -1.00 e. The van der Waals surface area contributed by atoms with Gasteiger partial charge in [-0.25, -0.2) is 0 Å². The normalized spacial score (nSPS) is 3.67. The molecular weight excluding hydrogens is 576 g/mol. The van der Waals surface area contributed by atoms with E-state index < -0.39 is 0 Å². The van der Waals surface area contributed by atoms with Crippen LogP contribution in [0.3, 0.4) is 0 Å². The zero-order chi connectivity index (χ0) is 2.71. The van der Waals surface area contributed by atoms with Crippen molar-refractivity contribution in [2.75, 3.05) is 0 Å². The van der Waals surface area contributed by atoms with Crippen LogP contribution in [0.2, 0.25) is 0 Å². The molecule has 0 saturated carbocycles. The molecular formula is H2I4NaSc-. The maximum atomic E-state index is 2.39. The van der Waals surface area contributed by atoms with Crippen molar-refractivity contribution in [2.24, 2.45) is 0 Å². The molecule has 0 aromatic rings. The number of rotatable bonds is 0. The Morgan fingerprint density at radius 3 is 1.33 bits per heavy atom. The van der Waals surface area contributed by atoms with Crippen LogP contribution < -0.4 is 42.8 Å². The monoisotopic (exact) mass is 578 g/mol. The maximum Gasteiger partial charge on any atom is 1.00 e. The molecule has 0 aliphatic heterocycles. The largest absolute Gasteiger partial charge is 1.00 e. The van der Waals surface area contributed by atoms with Gasteiger partial charge in [0, 0.05) is 25.8 Å². The van der Waals surface area contributed by atoms with Crippen LogP contribution in [0.1, 0.15) is 1.43 Å². The zero-order valence-corrected chi connectivity index (χ0v) is 15.7. The summed E-state index contributed by atoms with van der Waals surface area (Å²) in [6.45, 7) is 0. The fourth-order valence-electron chi connectivity index (χ4n) is 0. The Kier molecular flexibility index (Phi) is 84.4. The molecule has 0 unspecified atom stereocenters. The van der Waals surface area contributed by atoms with Crippen molar-refractivity contribution in [3.63, 3.8) is 0 Å². The Bertz CT molecular complexity index is 11.7. The van der Waals surface area contributed by atoms with Crippen LogP contribution in [-0.4, -0.2) is 0 Å². The maximum absolute atomic E-state index is 2.39. The molecule has 0 nitrogen and oxygen atoms in total. The molecule has 6 heteroatoms. The smallest absolute Gasteiger partial charge is 1.00 e. The van der Waals surface area contributed by atoms with Gasteiger partial charge in [-0.15, -0.1) is 24.0 Å². The first-order chi connectivity index (χ1) is 1.41. The molecule has 0 aromatic carbocycles. The van der Waals surface area contributed by atoms with Crippen molar-refractivity contribution in [1.29, 1.82) is 0 Å². The summed E-state index contributed by atoms with van der Waals surface area (Å²) >= 11 is 5.30. The van der Waals surface area contributed by atoms with E-state index in [0.717, 1.165) is 0 Å². The first kappa shape index (κ1) is 22.4. The number of hydrogen-bond donors (Lipinski definition) is 0. The molecule has 0 heterocycles. The molecule has 0 N–H and O–H groups in total. The van der Waals surface area contributed by atoms with Crippen LogP contribution in [0.4, 0.5) is 0 Å². The molecule has 1 radical (unpaired) electrons. The van der Waals surface area contributed by atoms with Gasteiger partial charge in [0.15, 0.2) is 0 Å². The Hall–Kier alpha value is 4.79. The minimum atomic E-state index is 0. The van der Waals surface area contributed by atoms with Crippen LogP contribution in [0.25, 0.3) is 0 Å². The van der Waals surface area contributed by atoms with Gasteiger partial charge in [-0.05, 0) is 0 Å². The van der Waals surface area contributed by atoms with Crippen LogP contribution in [-0.2, 0) is 25.8 Å². The molecule has 0 rings (SSSR count). The van der Waals surface area contributed by atoms with E-state index in [4.69, 9.17) is 0 Å². The van der Waals surface area contributed by atoms with Crippen molar-refractivity contribution in [1.82, 2.24) is 0 Å². The minimum absolute atomic E-state index is 0. The molecule has 0 aliphatic carbocycles. The van der Waals surface area contributed by atoms with Gasteiger partial charge in [0.1, 0.15) is 0 Å². The summed E-state index contributed by atoms with van der Waals surface area (Å²) in [6.07, 6.45) is 0. The zero-order valence-electron chi connectivity index (χ0n) is 4.12. The van der Waals surface area contributed by atoms with E-state index in [-0.39, 0.29) is 80.8 Å². The van der Waals surface area contributed by atoms with Crippen LogP contribution >= 0.6 is 61.2 Å². The first-order valence-electron chi connectivity index (χ1n) is 0.286. The van der Waals surface area contributed by atoms with Gasteiger partial charge in [-0.3, -0.25) is 0 Å². The standard InChI is InChI=1S/I3.HI.Na.Sc.H/c1-3-2;;;;/h;1H;;;/q-1;;+1;;-1. The second-order valence-corrected chi connectivity index (χ2v) is 16.3. The summed E-state index contributed by atoms with van der Waals surface area (Å²) in [5.74, 6) is 0. The summed E-state index contributed by atoms with van der Waals surface area (Å²) in [6, 6.07) is 0. The van der Waals surface area contributed by atoms with E-state index >= 15 is 0 Å². The van der Waals surface area contributed by atoms with Crippen LogP contribution in [0, 0.1) is 0 Å². The molecule has 6 heavy (non-hydrogen) atoms. The van der Waals surface area contributed by atoms with Crippen molar-refractivity contribution >= 4 is 61.2 Å². The molecule has 0 saturated heterocycles. The SMILES string of the molecule is I.I[I-]I.[H-].[Na+].[Sc]. The average molecular weight is 578 g/mol. The number of hydrogen-bond acceptors (Lipinski definition) is 0. The van der Waals surface area contributed by atoms with Gasteiger partial charge < -0.3 is 1.43 Å². The second kappa shape index (κ2) is 22.6. The Morgan fingerprint density at radius 2 is 1.33 bits per heavy atom. The van der Waals surface area contributed by atoms with Gasteiger partial charge >= 0.3 is 80.0 Å². The summed E-state index contributed by atoms with van der Waals surface area (Å²) in [5.41, 5.74) is 0. The Morgan fingerprint density at radius 1 is 1.33 bits per heavy atom. The molecule has 0 aromatic heterocycles. The van der Waals surface area contributed by atoms with Crippen molar-refractivity contribution in [2.45, 2.75) is 0 Å². The first-order valence-corrected chi connectivity index (χ1v) is 12.9. The molecule has 0 spiro atoms. The Labute approximate surface area is 127 Å². The van der Waals surface area contributed by atoms with E-state index in [1.165, 1.54) is 0 Å². The van der Waals surface area contributed by atoms with Gasteiger partial charge in [-0.1, -0.05) is 0 Å². The van der Waals surface area contributed by atoms with Crippen LogP contribution in [0.5, 0.6) is 0 Å². The fraction of sp³-hybridized carbons (Fsp3) is 0. The topological polar surface area (TPSA) is 0 Å². The van der Waals surface area contributed by atoms with Gasteiger partial charge in [-0.2, -0.15) is 0 Å². The quantitative estimate of drug-likeness (QED) is 0.207. The Balaban J connectivity index is -0.00000000333. The summed E-state index contributed by atoms with van der Waals surface area (Å²) in [4.78, 5) is 0. The third-order valence-corrected chi connectivity index (χ3v) is 0. The molecule has 0 fully saturated rings. The van der Waals surface area contributed by atoms with E-state index in [2.05, 4.69) is 37.2 Å². The fourth-order valence-corrected chi connectivity index (χ4v) is 0. The van der Waals surface area contributed by atoms with Gasteiger partial charge in [0.2, 0.25) is 0 Å². The number of halogens is 4. The molecule has 0 bridgehead atoms. The third-order valence-electron chi connectivity index (χ3n) is 0. The summed E-state index contributed by atoms with van der Waals surface area (Å²) < 4.78 is 0. The van der Waals surface area contributed by atoms with E-state index in [1.807, 2.05) is 0 Å². The summed E-state index contributed by atoms with van der Waals surface area (Å²) in [5, 5.41) is 0.